The zero-order valence-corrected chi connectivity index (χ0v) is 13.1. The molecule has 0 bridgehead atoms. The van der Waals surface area contributed by atoms with E-state index in [2.05, 4.69) is 10.3 Å². The van der Waals surface area contributed by atoms with E-state index in [0.29, 0.717) is 5.13 Å². The van der Waals surface area contributed by atoms with Crippen LogP contribution in [-0.2, 0) is 4.79 Å². The molecule has 106 valence electrons. The van der Waals surface area contributed by atoms with E-state index in [0.717, 1.165) is 15.1 Å². The molecule has 0 fully saturated rings. The van der Waals surface area contributed by atoms with Crippen LogP contribution < -0.4 is 5.32 Å². The summed E-state index contributed by atoms with van der Waals surface area (Å²) in [4.78, 5) is 17.7. The Kier molecular flexibility index (Phi) is 4.22. The Morgan fingerprint density at radius 3 is 2.62 bits per heavy atom. The highest BCUT2D eigenvalue weighted by Gasteiger charge is 2.16. The summed E-state index contributed by atoms with van der Waals surface area (Å²) in [5, 5.41) is 3.39. The number of carbonyl (C=O) groups is 1. The molecule has 3 nitrogen and oxygen atoms in total. The van der Waals surface area contributed by atoms with Gasteiger partial charge < -0.3 is 5.32 Å². The number of thiazole rings is 1. The van der Waals surface area contributed by atoms with Gasteiger partial charge in [0.1, 0.15) is 0 Å². The van der Waals surface area contributed by atoms with E-state index in [4.69, 9.17) is 0 Å². The molecule has 1 amide bonds. The minimum atomic E-state index is -0.167. The first kappa shape index (κ1) is 14.1. The number of benzene rings is 2. The molecule has 0 aliphatic rings. The first-order valence-corrected chi connectivity index (χ1v) is 8.30. The van der Waals surface area contributed by atoms with Gasteiger partial charge in [0.25, 0.3) is 0 Å². The molecule has 5 heteroatoms. The van der Waals surface area contributed by atoms with Crippen LogP contribution in [0.5, 0.6) is 0 Å². The van der Waals surface area contributed by atoms with Gasteiger partial charge in [-0.1, -0.05) is 41.7 Å². The van der Waals surface area contributed by atoms with E-state index < -0.39 is 0 Å². The van der Waals surface area contributed by atoms with Gasteiger partial charge in [0, 0.05) is 4.90 Å². The van der Waals surface area contributed by atoms with Gasteiger partial charge in [-0.25, -0.2) is 4.98 Å². The quantitative estimate of drug-likeness (QED) is 0.725. The van der Waals surface area contributed by atoms with E-state index in [1.807, 2.05) is 61.5 Å². The van der Waals surface area contributed by atoms with Crippen LogP contribution in [0.15, 0.2) is 59.5 Å². The number of rotatable bonds is 4. The summed E-state index contributed by atoms with van der Waals surface area (Å²) < 4.78 is 1.08. The minimum Gasteiger partial charge on any atom is -0.301 e. The molecular formula is C16H14N2OS2. The fourth-order valence-electron chi connectivity index (χ4n) is 1.89. The van der Waals surface area contributed by atoms with Crippen molar-refractivity contribution in [3.8, 4) is 0 Å². The predicted molar refractivity (Wildman–Crippen MR) is 90.0 cm³/mol. The Labute approximate surface area is 131 Å². The van der Waals surface area contributed by atoms with Crippen LogP contribution in [0.2, 0.25) is 0 Å². The summed E-state index contributed by atoms with van der Waals surface area (Å²) in [7, 11) is 0. The third-order valence-electron chi connectivity index (χ3n) is 2.95. The molecule has 0 unspecified atom stereocenters. The van der Waals surface area contributed by atoms with E-state index in [1.54, 1.807) is 11.8 Å². The second kappa shape index (κ2) is 6.28. The normalized spacial score (nSPS) is 12.2. The average molecular weight is 314 g/mol. The topological polar surface area (TPSA) is 42.0 Å². The van der Waals surface area contributed by atoms with Crippen molar-refractivity contribution in [3.63, 3.8) is 0 Å². The monoisotopic (exact) mass is 314 g/mol. The maximum absolute atomic E-state index is 12.2. The van der Waals surface area contributed by atoms with Crippen molar-refractivity contribution in [2.75, 3.05) is 5.32 Å². The molecule has 0 spiro atoms. The number of hydrogen-bond donors (Lipinski definition) is 1. The smallest absolute Gasteiger partial charge is 0.239 e. The Bertz CT molecular complexity index is 722. The summed E-state index contributed by atoms with van der Waals surface area (Å²) in [6, 6.07) is 17.8. The SMILES string of the molecule is C[C@H](Sc1ccccc1)C(=O)Nc1nc2ccccc2s1. The molecule has 21 heavy (non-hydrogen) atoms. The Morgan fingerprint density at radius 1 is 1.14 bits per heavy atom. The maximum Gasteiger partial charge on any atom is 0.239 e. The summed E-state index contributed by atoms with van der Waals surface area (Å²) in [6.07, 6.45) is 0. The Hall–Kier alpha value is -1.85. The number of hydrogen-bond acceptors (Lipinski definition) is 4. The Morgan fingerprint density at radius 2 is 1.86 bits per heavy atom. The standard InChI is InChI=1S/C16H14N2OS2/c1-11(20-12-7-3-2-4-8-12)15(19)18-16-17-13-9-5-6-10-14(13)21-16/h2-11H,1H3,(H,17,18,19)/t11-/m0/s1. The molecule has 0 saturated heterocycles. The van der Waals surface area contributed by atoms with Gasteiger partial charge in [-0.05, 0) is 31.2 Å². The number of amides is 1. The number of anilines is 1. The van der Waals surface area contributed by atoms with Crippen molar-refractivity contribution in [1.82, 2.24) is 4.98 Å². The highest BCUT2D eigenvalue weighted by molar-refractivity contribution is 8.00. The second-order valence-electron chi connectivity index (χ2n) is 4.55. The summed E-state index contributed by atoms with van der Waals surface area (Å²) in [6.45, 7) is 1.90. The Balaban J connectivity index is 1.68. The molecule has 3 rings (SSSR count). The van der Waals surface area contributed by atoms with Gasteiger partial charge in [-0.3, -0.25) is 4.79 Å². The zero-order valence-electron chi connectivity index (χ0n) is 11.4. The van der Waals surface area contributed by atoms with Crippen LogP contribution in [0.3, 0.4) is 0 Å². The molecule has 0 aliphatic heterocycles. The molecule has 1 heterocycles. The van der Waals surface area contributed by atoms with Crippen molar-refractivity contribution in [1.29, 1.82) is 0 Å². The molecule has 0 aliphatic carbocycles. The fraction of sp³-hybridized carbons (Fsp3) is 0.125. The summed E-state index contributed by atoms with van der Waals surface area (Å²) in [5.74, 6) is -0.0251. The molecule has 0 saturated carbocycles. The maximum atomic E-state index is 12.2. The van der Waals surface area contributed by atoms with Gasteiger partial charge in [0.2, 0.25) is 5.91 Å². The summed E-state index contributed by atoms with van der Waals surface area (Å²) >= 11 is 3.04. The van der Waals surface area contributed by atoms with Crippen molar-refractivity contribution >= 4 is 44.4 Å². The number of para-hydroxylation sites is 1. The van der Waals surface area contributed by atoms with Crippen LogP contribution in [-0.4, -0.2) is 16.1 Å². The lowest BCUT2D eigenvalue weighted by Crippen LogP contribution is -2.22. The van der Waals surface area contributed by atoms with Crippen LogP contribution in [0.1, 0.15) is 6.92 Å². The van der Waals surface area contributed by atoms with Gasteiger partial charge in [0.05, 0.1) is 15.5 Å². The zero-order chi connectivity index (χ0) is 14.7. The third kappa shape index (κ3) is 3.43. The lowest BCUT2D eigenvalue weighted by atomic mass is 10.3. The van der Waals surface area contributed by atoms with E-state index >= 15 is 0 Å². The third-order valence-corrected chi connectivity index (χ3v) is 5.01. The highest BCUT2D eigenvalue weighted by atomic mass is 32.2. The minimum absolute atomic E-state index is 0.0251. The molecular weight excluding hydrogens is 300 g/mol. The number of fused-ring (bicyclic) bond motifs is 1. The fourth-order valence-corrected chi connectivity index (χ4v) is 3.65. The summed E-state index contributed by atoms with van der Waals surface area (Å²) in [5.41, 5.74) is 0.918. The molecule has 1 N–H and O–H groups in total. The number of thioether (sulfide) groups is 1. The number of nitrogens with one attached hydrogen (secondary N) is 1. The van der Waals surface area contributed by atoms with Crippen molar-refractivity contribution in [2.24, 2.45) is 0 Å². The largest absolute Gasteiger partial charge is 0.301 e. The number of carbonyl (C=O) groups excluding carboxylic acids is 1. The molecule has 3 aromatic rings. The first-order chi connectivity index (χ1) is 10.2. The van der Waals surface area contributed by atoms with Crippen molar-refractivity contribution in [2.45, 2.75) is 17.1 Å². The van der Waals surface area contributed by atoms with Crippen molar-refractivity contribution < 1.29 is 4.79 Å². The predicted octanol–water partition coefficient (Wildman–Crippen LogP) is 4.42. The molecule has 1 aromatic heterocycles. The van der Waals surface area contributed by atoms with Gasteiger partial charge in [0.15, 0.2) is 5.13 Å². The molecule has 1 atom stereocenters. The van der Waals surface area contributed by atoms with Crippen LogP contribution >= 0.6 is 23.1 Å². The molecule has 0 radical (unpaired) electrons. The van der Waals surface area contributed by atoms with E-state index in [-0.39, 0.29) is 11.2 Å². The number of nitrogens with zero attached hydrogens (tertiary/aromatic N) is 1. The lowest BCUT2D eigenvalue weighted by molar-refractivity contribution is -0.115. The molecule has 2 aromatic carbocycles. The lowest BCUT2D eigenvalue weighted by Gasteiger charge is -2.10. The van der Waals surface area contributed by atoms with E-state index in [1.165, 1.54) is 11.3 Å². The van der Waals surface area contributed by atoms with E-state index in [9.17, 15) is 4.79 Å². The van der Waals surface area contributed by atoms with Gasteiger partial charge in [-0.15, -0.1) is 11.8 Å². The van der Waals surface area contributed by atoms with Crippen LogP contribution in [0, 0.1) is 0 Å². The van der Waals surface area contributed by atoms with Crippen LogP contribution in [0.25, 0.3) is 10.2 Å². The average Bonchev–Trinajstić information content (AvgIpc) is 2.90. The van der Waals surface area contributed by atoms with Crippen LogP contribution in [0.4, 0.5) is 5.13 Å². The van der Waals surface area contributed by atoms with Crippen molar-refractivity contribution in [3.05, 3.63) is 54.6 Å². The number of aromatic nitrogens is 1. The van der Waals surface area contributed by atoms with Gasteiger partial charge in [-0.2, -0.15) is 0 Å². The first-order valence-electron chi connectivity index (χ1n) is 6.60. The second-order valence-corrected chi connectivity index (χ2v) is 6.99. The highest BCUT2D eigenvalue weighted by Crippen LogP contribution is 2.27. The van der Waals surface area contributed by atoms with Gasteiger partial charge >= 0.3 is 0 Å².